The zero-order chi connectivity index (χ0) is 13.7. The Labute approximate surface area is 112 Å². The highest BCUT2D eigenvalue weighted by atomic mass is 16.2. The molecule has 1 fully saturated rings. The lowest BCUT2D eigenvalue weighted by Crippen LogP contribution is -2.29. The molecule has 0 bridgehead atoms. The number of benzene rings is 1. The zero-order valence-corrected chi connectivity index (χ0v) is 11.0. The summed E-state index contributed by atoms with van der Waals surface area (Å²) >= 11 is 0. The maximum absolute atomic E-state index is 11.6. The first-order valence-corrected chi connectivity index (χ1v) is 6.65. The Hall–Kier alpha value is -2.04. The normalized spacial score (nSPS) is 13.7. The summed E-state index contributed by atoms with van der Waals surface area (Å²) in [7, 11) is 0. The molecular formula is C14H19N3O2. The van der Waals surface area contributed by atoms with Crippen molar-refractivity contribution in [3.05, 3.63) is 24.3 Å². The van der Waals surface area contributed by atoms with Gasteiger partial charge in [-0.2, -0.15) is 0 Å². The predicted octanol–water partition coefficient (Wildman–Crippen LogP) is 2.57. The molecule has 0 unspecified atom stereocenters. The smallest absolute Gasteiger partial charge is 0.319 e. The molecule has 2 rings (SSSR count). The van der Waals surface area contributed by atoms with Crippen molar-refractivity contribution in [2.45, 2.75) is 26.2 Å². The van der Waals surface area contributed by atoms with Crippen molar-refractivity contribution < 1.29 is 9.59 Å². The number of urea groups is 1. The minimum atomic E-state index is -0.211. The van der Waals surface area contributed by atoms with Gasteiger partial charge in [0.25, 0.3) is 0 Å². The lowest BCUT2D eigenvalue weighted by Gasteiger charge is -2.08. The van der Waals surface area contributed by atoms with Crippen LogP contribution in [0.3, 0.4) is 0 Å². The number of nitrogens with one attached hydrogen (secondary N) is 3. The quantitative estimate of drug-likeness (QED) is 0.762. The summed E-state index contributed by atoms with van der Waals surface area (Å²) in [6.07, 6.45) is 2.88. The predicted molar refractivity (Wildman–Crippen MR) is 75.1 cm³/mol. The minimum Gasteiger partial charge on any atom is -0.338 e. The van der Waals surface area contributed by atoms with E-state index in [0.29, 0.717) is 12.2 Å². The van der Waals surface area contributed by atoms with Gasteiger partial charge in [0.05, 0.1) is 0 Å². The van der Waals surface area contributed by atoms with Crippen molar-refractivity contribution >= 4 is 23.3 Å². The molecule has 1 aliphatic carbocycles. The molecule has 0 atom stereocenters. The summed E-state index contributed by atoms with van der Waals surface area (Å²) in [5.41, 5.74) is 1.47. The van der Waals surface area contributed by atoms with Gasteiger partial charge in [-0.25, -0.2) is 4.79 Å². The Kier molecular flexibility index (Phi) is 4.39. The van der Waals surface area contributed by atoms with Crippen molar-refractivity contribution in [1.29, 1.82) is 0 Å². The average molecular weight is 261 g/mol. The van der Waals surface area contributed by atoms with Crippen LogP contribution < -0.4 is 16.0 Å². The van der Waals surface area contributed by atoms with Gasteiger partial charge in [-0.1, -0.05) is 6.92 Å². The fourth-order valence-electron chi connectivity index (χ4n) is 1.64. The highest BCUT2D eigenvalue weighted by Gasteiger charge is 2.29. The number of anilines is 2. The Balaban J connectivity index is 1.83. The highest BCUT2D eigenvalue weighted by Crippen LogP contribution is 2.30. The van der Waals surface area contributed by atoms with Crippen molar-refractivity contribution in [2.75, 3.05) is 17.2 Å². The van der Waals surface area contributed by atoms with E-state index in [1.807, 2.05) is 6.92 Å². The molecule has 1 aromatic carbocycles. The molecule has 0 aromatic heterocycles. The first-order valence-electron chi connectivity index (χ1n) is 6.65. The molecular weight excluding hydrogens is 242 g/mol. The summed E-state index contributed by atoms with van der Waals surface area (Å²) in [4.78, 5) is 23.0. The number of rotatable bonds is 5. The van der Waals surface area contributed by atoms with Crippen LogP contribution in [0.5, 0.6) is 0 Å². The molecule has 0 heterocycles. The van der Waals surface area contributed by atoms with Crippen molar-refractivity contribution in [3.8, 4) is 0 Å². The van der Waals surface area contributed by atoms with Crippen molar-refractivity contribution in [3.63, 3.8) is 0 Å². The number of hydrogen-bond acceptors (Lipinski definition) is 2. The van der Waals surface area contributed by atoms with Crippen molar-refractivity contribution in [1.82, 2.24) is 5.32 Å². The Morgan fingerprint density at radius 1 is 1.11 bits per heavy atom. The third-order valence-corrected chi connectivity index (χ3v) is 2.89. The summed E-state index contributed by atoms with van der Waals surface area (Å²) in [6, 6.07) is 6.91. The summed E-state index contributed by atoms with van der Waals surface area (Å²) < 4.78 is 0. The third kappa shape index (κ3) is 4.28. The maximum Gasteiger partial charge on any atom is 0.319 e. The van der Waals surface area contributed by atoms with Crippen molar-refractivity contribution in [2.24, 2.45) is 5.92 Å². The Morgan fingerprint density at radius 3 is 2.21 bits per heavy atom. The van der Waals surface area contributed by atoms with Crippen LogP contribution in [-0.2, 0) is 4.79 Å². The van der Waals surface area contributed by atoms with Crippen LogP contribution in [0, 0.1) is 5.92 Å². The van der Waals surface area contributed by atoms with Crippen LogP contribution in [-0.4, -0.2) is 18.5 Å². The van der Waals surface area contributed by atoms with Crippen LogP contribution in [0.1, 0.15) is 26.2 Å². The molecule has 0 aliphatic heterocycles. The molecule has 5 nitrogen and oxygen atoms in total. The van der Waals surface area contributed by atoms with Gasteiger partial charge in [0.1, 0.15) is 0 Å². The molecule has 1 saturated carbocycles. The molecule has 19 heavy (non-hydrogen) atoms. The van der Waals surface area contributed by atoms with E-state index in [0.717, 1.165) is 24.9 Å². The molecule has 102 valence electrons. The van der Waals surface area contributed by atoms with Gasteiger partial charge in [-0.15, -0.1) is 0 Å². The van der Waals surface area contributed by atoms with Crippen LogP contribution in [0.25, 0.3) is 0 Å². The van der Waals surface area contributed by atoms with E-state index in [9.17, 15) is 9.59 Å². The van der Waals surface area contributed by atoms with E-state index in [4.69, 9.17) is 0 Å². The van der Waals surface area contributed by atoms with Gasteiger partial charge in [0, 0.05) is 23.8 Å². The maximum atomic E-state index is 11.6. The van der Waals surface area contributed by atoms with Crippen LogP contribution >= 0.6 is 0 Å². The van der Waals surface area contributed by atoms with Crippen LogP contribution in [0.4, 0.5) is 16.2 Å². The third-order valence-electron chi connectivity index (χ3n) is 2.89. The summed E-state index contributed by atoms with van der Waals surface area (Å²) in [5.74, 6) is 0.277. The lowest BCUT2D eigenvalue weighted by atomic mass is 10.2. The Morgan fingerprint density at radius 2 is 1.68 bits per heavy atom. The molecule has 3 amide bonds. The molecule has 5 heteroatoms. The monoisotopic (exact) mass is 261 g/mol. The number of hydrogen-bond donors (Lipinski definition) is 3. The summed E-state index contributed by atoms with van der Waals surface area (Å²) in [6.45, 7) is 2.65. The number of amides is 3. The lowest BCUT2D eigenvalue weighted by molar-refractivity contribution is -0.117. The van der Waals surface area contributed by atoms with Gasteiger partial charge < -0.3 is 16.0 Å². The SMILES string of the molecule is CCCNC(=O)Nc1ccc(NC(=O)C2CC2)cc1. The highest BCUT2D eigenvalue weighted by molar-refractivity contribution is 5.94. The molecule has 1 aliphatic rings. The Bertz CT molecular complexity index is 452. The van der Waals surface area contributed by atoms with Gasteiger partial charge in [-0.3, -0.25) is 4.79 Å². The molecule has 0 saturated heterocycles. The van der Waals surface area contributed by atoms with Gasteiger partial charge >= 0.3 is 6.03 Å². The van der Waals surface area contributed by atoms with E-state index in [1.165, 1.54) is 0 Å². The first kappa shape index (κ1) is 13.4. The molecule has 3 N–H and O–H groups in total. The fourth-order valence-corrected chi connectivity index (χ4v) is 1.64. The molecule has 0 radical (unpaired) electrons. The second kappa shape index (κ2) is 6.22. The largest absolute Gasteiger partial charge is 0.338 e. The zero-order valence-electron chi connectivity index (χ0n) is 11.0. The van der Waals surface area contributed by atoms with Gasteiger partial charge in [0.2, 0.25) is 5.91 Å². The minimum absolute atomic E-state index is 0.0846. The molecule has 1 aromatic rings. The standard InChI is InChI=1S/C14H19N3O2/c1-2-9-15-14(19)17-12-7-5-11(6-8-12)16-13(18)10-3-4-10/h5-8,10H,2-4,9H2,1H3,(H,16,18)(H2,15,17,19). The van der Waals surface area contributed by atoms with E-state index < -0.39 is 0 Å². The van der Waals surface area contributed by atoms with Gasteiger partial charge in [-0.05, 0) is 43.5 Å². The second-order valence-corrected chi connectivity index (χ2v) is 4.72. The van der Waals surface area contributed by atoms with Gasteiger partial charge in [0.15, 0.2) is 0 Å². The fraction of sp³-hybridized carbons (Fsp3) is 0.429. The van der Waals surface area contributed by atoms with E-state index in [-0.39, 0.29) is 17.9 Å². The number of carbonyl (C=O) groups is 2. The van der Waals surface area contributed by atoms with Crippen LogP contribution in [0.2, 0.25) is 0 Å². The second-order valence-electron chi connectivity index (χ2n) is 4.72. The topological polar surface area (TPSA) is 70.2 Å². The molecule has 0 spiro atoms. The van der Waals surface area contributed by atoms with E-state index in [2.05, 4.69) is 16.0 Å². The average Bonchev–Trinajstić information content (AvgIpc) is 3.23. The number of carbonyl (C=O) groups excluding carboxylic acids is 2. The van der Waals surface area contributed by atoms with E-state index >= 15 is 0 Å². The summed E-state index contributed by atoms with van der Waals surface area (Å²) in [5, 5.41) is 8.31. The van der Waals surface area contributed by atoms with Crippen LogP contribution in [0.15, 0.2) is 24.3 Å². The van der Waals surface area contributed by atoms with E-state index in [1.54, 1.807) is 24.3 Å². The first-order chi connectivity index (χ1) is 9.19.